The summed E-state index contributed by atoms with van der Waals surface area (Å²) in [6, 6.07) is 19.2. The highest BCUT2D eigenvalue weighted by Gasteiger charge is 2.69. The van der Waals surface area contributed by atoms with Crippen molar-refractivity contribution in [3.8, 4) is 0 Å². The van der Waals surface area contributed by atoms with Crippen molar-refractivity contribution in [3.05, 3.63) is 94.0 Å². The molecule has 8 heteroatoms. The number of carbonyl (C=O) groups excluding carboxylic acids is 2. The molecule has 0 aliphatic carbocycles. The van der Waals surface area contributed by atoms with Gasteiger partial charge in [0.25, 0.3) is 10.8 Å². The molecule has 1 atom stereocenters. The van der Waals surface area contributed by atoms with Crippen LogP contribution in [0.3, 0.4) is 0 Å². The molecule has 33 heavy (non-hydrogen) atoms. The summed E-state index contributed by atoms with van der Waals surface area (Å²) < 4.78 is 27.3. The monoisotopic (exact) mass is 480 g/mol. The highest BCUT2D eigenvalue weighted by molar-refractivity contribution is 7.94. The van der Waals surface area contributed by atoms with Crippen LogP contribution in [0.2, 0.25) is 5.02 Å². The van der Waals surface area contributed by atoms with E-state index < -0.39 is 32.3 Å². The van der Waals surface area contributed by atoms with Crippen molar-refractivity contribution < 1.29 is 18.0 Å². The van der Waals surface area contributed by atoms with Gasteiger partial charge in [0.1, 0.15) is 5.75 Å². The first-order chi connectivity index (χ1) is 15.6. The van der Waals surface area contributed by atoms with E-state index in [-0.39, 0.29) is 6.54 Å². The zero-order valence-electron chi connectivity index (χ0n) is 18.1. The Morgan fingerprint density at radius 3 is 2.33 bits per heavy atom. The fourth-order valence-electron chi connectivity index (χ4n) is 4.95. The fraction of sp³-hybridized carbons (Fsp3) is 0.200. The van der Waals surface area contributed by atoms with Gasteiger partial charge in [-0.3, -0.25) is 14.5 Å². The van der Waals surface area contributed by atoms with Gasteiger partial charge in [0.2, 0.25) is 5.91 Å². The standard InChI is InChI=1S/C25H21ClN2O4S/c1-16-10-17(2)12-20(11-16)28-23(29)15-33(31,32)25(28)21-8-3-4-9-22(21)27(24(25)30)14-18-6-5-7-19(26)13-18/h3-13H,14-15H2,1-2H3. The lowest BCUT2D eigenvalue weighted by molar-refractivity contribution is -0.123. The number of amides is 2. The number of nitrogens with zero attached hydrogens (tertiary/aromatic N) is 2. The van der Waals surface area contributed by atoms with E-state index in [1.807, 2.05) is 26.0 Å². The molecular formula is C25H21ClN2O4S. The van der Waals surface area contributed by atoms with Gasteiger partial charge in [0.05, 0.1) is 12.2 Å². The highest BCUT2D eigenvalue weighted by Crippen LogP contribution is 2.53. The maximum atomic E-state index is 14.1. The van der Waals surface area contributed by atoms with Crippen LogP contribution in [0, 0.1) is 13.8 Å². The number of hydrogen-bond acceptors (Lipinski definition) is 4. The summed E-state index contributed by atoms with van der Waals surface area (Å²) in [5, 5.41) is 0.516. The van der Waals surface area contributed by atoms with Crippen molar-refractivity contribution in [2.45, 2.75) is 25.3 Å². The Hall–Kier alpha value is -3.16. The molecule has 0 radical (unpaired) electrons. The second-order valence-electron chi connectivity index (χ2n) is 8.52. The second kappa shape index (κ2) is 7.43. The van der Waals surface area contributed by atoms with E-state index in [0.717, 1.165) is 16.7 Å². The molecule has 3 aromatic rings. The third-order valence-corrected chi connectivity index (χ3v) is 8.46. The molecule has 5 rings (SSSR count). The Morgan fingerprint density at radius 2 is 1.64 bits per heavy atom. The SMILES string of the molecule is Cc1cc(C)cc(N2C(=O)CS(=O)(=O)C23C(=O)N(Cc2cccc(Cl)c2)c2ccccc23)c1. The molecule has 3 aromatic carbocycles. The van der Waals surface area contributed by atoms with Gasteiger partial charge < -0.3 is 4.90 Å². The molecule has 1 spiro atoms. The third-order valence-electron chi connectivity index (χ3n) is 6.12. The van der Waals surface area contributed by atoms with Crippen LogP contribution in [0.5, 0.6) is 0 Å². The summed E-state index contributed by atoms with van der Waals surface area (Å²) in [6.45, 7) is 3.87. The maximum Gasteiger partial charge on any atom is 0.274 e. The maximum absolute atomic E-state index is 14.1. The van der Waals surface area contributed by atoms with Crippen molar-refractivity contribution in [3.63, 3.8) is 0 Å². The molecule has 0 aromatic heterocycles. The van der Waals surface area contributed by atoms with E-state index in [1.165, 1.54) is 9.80 Å². The Bertz CT molecular complexity index is 1420. The van der Waals surface area contributed by atoms with Crippen LogP contribution in [-0.4, -0.2) is 26.0 Å². The summed E-state index contributed by atoms with van der Waals surface area (Å²) in [7, 11) is -4.20. The van der Waals surface area contributed by atoms with Crippen molar-refractivity contribution in [1.29, 1.82) is 0 Å². The van der Waals surface area contributed by atoms with Gasteiger partial charge in [-0.1, -0.05) is 48.0 Å². The van der Waals surface area contributed by atoms with E-state index in [9.17, 15) is 18.0 Å². The molecule has 2 aliphatic rings. The molecule has 0 N–H and O–H groups in total. The van der Waals surface area contributed by atoms with Crippen LogP contribution in [0.4, 0.5) is 11.4 Å². The first-order valence-corrected chi connectivity index (χ1v) is 12.5. The molecule has 1 fully saturated rings. The first kappa shape index (κ1) is 21.7. The summed E-state index contributed by atoms with van der Waals surface area (Å²) in [5.41, 5.74) is 3.64. The molecule has 2 heterocycles. The Labute approximate surface area is 197 Å². The number of halogens is 1. The van der Waals surface area contributed by atoms with Crippen molar-refractivity contribution >= 4 is 44.6 Å². The smallest absolute Gasteiger partial charge is 0.274 e. The zero-order chi connectivity index (χ0) is 23.5. The number of aryl methyl sites for hydroxylation is 2. The normalized spacial score (nSPS) is 21.2. The van der Waals surface area contributed by atoms with Crippen molar-refractivity contribution in [2.24, 2.45) is 0 Å². The summed E-state index contributed by atoms with van der Waals surface area (Å²) in [5.74, 6) is -2.01. The topological polar surface area (TPSA) is 74.8 Å². The number of fused-ring (bicyclic) bond motifs is 2. The van der Waals surface area contributed by atoms with Gasteiger partial charge in [-0.2, -0.15) is 0 Å². The van der Waals surface area contributed by atoms with Gasteiger partial charge >= 0.3 is 0 Å². The predicted octanol–water partition coefficient (Wildman–Crippen LogP) is 4.12. The number of para-hydroxylation sites is 1. The lowest BCUT2D eigenvalue weighted by Crippen LogP contribution is -2.54. The van der Waals surface area contributed by atoms with Gasteiger partial charge in [0.15, 0.2) is 9.84 Å². The minimum atomic E-state index is -4.20. The zero-order valence-corrected chi connectivity index (χ0v) is 19.7. The quantitative estimate of drug-likeness (QED) is 0.565. The van der Waals surface area contributed by atoms with Gasteiger partial charge in [-0.15, -0.1) is 0 Å². The first-order valence-electron chi connectivity index (χ1n) is 10.4. The molecular weight excluding hydrogens is 460 g/mol. The lowest BCUT2D eigenvalue weighted by atomic mass is 10.0. The van der Waals surface area contributed by atoms with Crippen LogP contribution in [-0.2, 0) is 30.8 Å². The van der Waals surface area contributed by atoms with Gasteiger partial charge in [-0.05, 0) is 60.9 Å². The van der Waals surface area contributed by atoms with Crippen LogP contribution >= 0.6 is 11.6 Å². The summed E-state index contributed by atoms with van der Waals surface area (Å²) in [4.78, 5) is 27.8. The minimum Gasteiger partial charge on any atom is -0.304 e. The predicted molar refractivity (Wildman–Crippen MR) is 128 cm³/mol. The fourth-order valence-corrected chi connectivity index (χ4v) is 7.19. The van der Waals surface area contributed by atoms with E-state index in [0.29, 0.717) is 22.0 Å². The molecule has 0 bridgehead atoms. The molecule has 1 saturated heterocycles. The van der Waals surface area contributed by atoms with Crippen molar-refractivity contribution in [2.75, 3.05) is 15.6 Å². The van der Waals surface area contributed by atoms with Crippen LogP contribution < -0.4 is 9.80 Å². The lowest BCUT2D eigenvalue weighted by Gasteiger charge is -2.33. The second-order valence-corrected chi connectivity index (χ2v) is 11.1. The average Bonchev–Trinajstić information content (AvgIpc) is 3.10. The molecule has 2 aliphatic heterocycles. The van der Waals surface area contributed by atoms with E-state index in [4.69, 9.17) is 11.6 Å². The van der Waals surface area contributed by atoms with E-state index in [2.05, 4.69) is 0 Å². The number of carbonyl (C=O) groups is 2. The number of anilines is 2. The summed E-state index contributed by atoms with van der Waals surface area (Å²) >= 11 is 6.13. The van der Waals surface area contributed by atoms with Crippen molar-refractivity contribution in [1.82, 2.24) is 0 Å². The molecule has 0 saturated carbocycles. The van der Waals surface area contributed by atoms with Gasteiger partial charge in [0, 0.05) is 16.3 Å². The Kier molecular flexibility index (Phi) is 4.88. The van der Waals surface area contributed by atoms with Gasteiger partial charge in [-0.25, -0.2) is 8.42 Å². The number of benzene rings is 3. The largest absolute Gasteiger partial charge is 0.304 e. The Morgan fingerprint density at radius 1 is 0.939 bits per heavy atom. The highest BCUT2D eigenvalue weighted by atomic mass is 35.5. The van der Waals surface area contributed by atoms with E-state index >= 15 is 0 Å². The van der Waals surface area contributed by atoms with Crippen LogP contribution in [0.1, 0.15) is 22.3 Å². The molecule has 2 amide bonds. The molecule has 6 nitrogen and oxygen atoms in total. The minimum absolute atomic E-state index is 0.128. The summed E-state index contributed by atoms with van der Waals surface area (Å²) in [6.07, 6.45) is 0. The Balaban J connectivity index is 1.75. The van der Waals surface area contributed by atoms with E-state index in [1.54, 1.807) is 54.6 Å². The number of sulfone groups is 1. The van der Waals surface area contributed by atoms with Crippen LogP contribution in [0.25, 0.3) is 0 Å². The number of rotatable bonds is 3. The average molecular weight is 481 g/mol. The third kappa shape index (κ3) is 3.10. The molecule has 168 valence electrons. The van der Waals surface area contributed by atoms with Crippen LogP contribution in [0.15, 0.2) is 66.7 Å². The molecule has 1 unspecified atom stereocenters. The number of hydrogen-bond donors (Lipinski definition) is 0.